The second kappa shape index (κ2) is 5.64. The summed E-state index contributed by atoms with van der Waals surface area (Å²) in [5, 5.41) is 5.30. The lowest BCUT2D eigenvalue weighted by molar-refractivity contribution is 0.598. The van der Waals surface area contributed by atoms with Crippen LogP contribution >= 0.6 is 11.6 Å². The van der Waals surface area contributed by atoms with Gasteiger partial charge in [-0.25, -0.2) is 22.0 Å². The van der Waals surface area contributed by atoms with E-state index in [-0.39, 0.29) is 20.5 Å². The van der Waals surface area contributed by atoms with Crippen LogP contribution in [0.2, 0.25) is 5.02 Å². The van der Waals surface area contributed by atoms with Crippen LogP contribution in [0.3, 0.4) is 0 Å². The number of sulfonamides is 2. The van der Waals surface area contributed by atoms with Crippen molar-refractivity contribution in [2.24, 2.45) is 5.14 Å². The largest absolute Gasteiger partial charge is 0.278 e. The van der Waals surface area contributed by atoms with Crippen LogP contribution in [0, 0.1) is 0 Å². The van der Waals surface area contributed by atoms with Crippen molar-refractivity contribution in [2.75, 3.05) is 4.72 Å². The summed E-state index contributed by atoms with van der Waals surface area (Å²) in [7, 11) is -8.02. The van der Waals surface area contributed by atoms with Crippen molar-refractivity contribution in [3.8, 4) is 0 Å². The van der Waals surface area contributed by atoms with Gasteiger partial charge in [-0.05, 0) is 30.3 Å². The van der Waals surface area contributed by atoms with E-state index in [1.807, 2.05) is 0 Å². The summed E-state index contributed by atoms with van der Waals surface area (Å²) in [6.07, 6.45) is 0. The van der Waals surface area contributed by atoms with Crippen molar-refractivity contribution in [2.45, 2.75) is 9.79 Å². The first-order valence-corrected chi connectivity index (χ1v) is 9.01. The minimum atomic E-state index is -4.05. The van der Waals surface area contributed by atoms with Crippen molar-refractivity contribution < 1.29 is 16.8 Å². The van der Waals surface area contributed by atoms with Gasteiger partial charge in [0, 0.05) is 5.02 Å². The van der Waals surface area contributed by atoms with Crippen molar-refractivity contribution in [3.63, 3.8) is 0 Å². The number of para-hydroxylation sites is 1. The lowest BCUT2D eigenvalue weighted by atomic mass is 10.3. The van der Waals surface area contributed by atoms with Gasteiger partial charge < -0.3 is 0 Å². The van der Waals surface area contributed by atoms with Crippen LogP contribution < -0.4 is 9.86 Å². The van der Waals surface area contributed by atoms with Crippen molar-refractivity contribution in [3.05, 3.63) is 53.6 Å². The Hall–Kier alpha value is -1.61. The molecule has 3 N–H and O–H groups in total. The van der Waals surface area contributed by atoms with E-state index >= 15 is 0 Å². The van der Waals surface area contributed by atoms with E-state index in [9.17, 15) is 16.8 Å². The molecule has 0 heterocycles. The highest BCUT2D eigenvalue weighted by Gasteiger charge is 2.20. The van der Waals surface area contributed by atoms with Gasteiger partial charge in [-0.2, -0.15) is 0 Å². The van der Waals surface area contributed by atoms with Crippen LogP contribution in [0.25, 0.3) is 0 Å². The first-order chi connectivity index (χ1) is 9.70. The number of halogens is 1. The molecule has 2 aromatic rings. The third-order valence-corrected chi connectivity index (χ3v) is 5.11. The highest BCUT2D eigenvalue weighted by Crippen LogP contribution is 2.24. The Kier molecular flexibility index (Phi) is 4.24. The Balaban J connectivity index is 2.48. The summed E-state index contributed by atoms with van der Waals surface area (Å²) in [6, 6.07) is 11.0. The number of anilines is 1. The Bertz CT molecular complexity index is 880. The SMILES string of the molecule is NS(=O)(=O)c1ccccc1NS(=O)(=O)c1cccc(Cl)c1. The van der Waals surface area contributed by atoms with Gasteiger partial charge in [0.05, 0.1) is 10.6 Å². The number of nitrogens with one attached hydrogen (secondary N) is 1. The number of primary sulfonamides is 1. The molecule has 0 saturated carbocycles. The van der Waals surface area contributed by atoms with Gasteiger partial charge in [0.25, 0.3) is 10.0 Å². The summed E-state index contributed by atoms with van der Waals surface area (Å²) in [5.41, 5.74) is -0.125. The first-order valence-electron chi connectivity index (χ1n) is 5.60. The van der Waals surface area contributed by atoms with E-state index in [1.54, 1.807) is 0 Å². The first kappa shape index (κ1) is 15.8. The Morgan fingerprint density at radius 2 is 1.62 bits per heavy atom. The zero-order valence-electron chi connectivity index (χ0n) is 10.5. The molecule has 0 aliphatic carbocycles. The average molecular weight is 347 g/mol. The number of rotatable bonds is 4. The minimum absolute atomic E-state index is 0.0841. The smallest absolute Gasteiger partial charge is 0.261 e. The predicted molar refractivity (Wildman–Crippen MR) is 80.1 cm³/mol. The molecule has 0 unspecified atom stereocenters. The molecule has 0 saturated heterocycles. The van der Waals surface area contributed by atoms with Gasteiger partial charge in [0.1, 0.15) is 4.90 Å². The maximum absolute atomic E-state index is 12.2. The lowest BCUT2D eigenvalue weighted by Gasteiger charge is -2.11. The molecule has 0 amide bonds. The molecule has 0 aliphatic rings. The summed E-state index contributed by atoms with van der Waals surface area (Å²) >= 11 is 5.75. The molecule has 21 heavy (non-hydrogen) atoms. The highest BCUT2D eigenvalue weighted by molar-refractivity contribution is 7.93. The monoisotopic (exact) mass is 346 g/mol. The van der Waals surface area contributed by atoms with Gasteiger partial charge in [-0.15, -0.1) is 0 Å². The van der Waals surface area contributed by atoms with Gasteiger partial charge >= 0.3 is 0 Å². The summed E-state index contributed by atoms with van der Waals surface area (Å²) in [6.45, 7) is 0. The zero-order chi connectivity index (χ0) is 15.7. The van der Waals surface area contributed by atoms with Crippen molar-refractivity contribution in [1.29, 1.82) is 0 Å². The second-order valence-corrected chi connectivity index (χ2v) is 7.75. The minimum Gasteiger partial charge on any atom is -0.278 e. The fourth-order valence-electron chi connectivity index (χ4n) is 1.64. The van der Waals surface area contributed by atoms with Gasteiger partial charge in [0.2, 0.25) is 10.0 Å². The second-order valence-electron chi connectivity index (χ2n) is 4.10. The maximum atomic E-state index is 12.2. The highest BCUT2D eigenvalue weighted by atomic mass is 35.5. The fraction of sp³-hybridized carbons (Fsp3) is 0. The van der Waals surface area contributed by atoms with E-state index in [1.165, 1.54) is 48.5 Å². The van der Waals surface area contributed by atoms with Crippen molar-refractivity contribution in [1.82, 2.24) is 0 Å². The van der Waals surface area contributed by atoms with E-state index in [0.717, 1.165) is 0 Å². The Morgan fingerprint density at radius 3 is 2.24 bits per heavy atom. The molecular weight excluding hydrogens is 336 g/mol. The van der Waals surface area contributed by atoms with Crippen LogP contribution in [0.4, 0.5) is 5.69 Å². The van der Waals surface area contributed by atoms with Crippen LogP contribution in [-0.4, -0.2) is 16.8 Å². The van der Waals surface area contributed by atoms with Gasteiger partial charge in [-0.1, -0.05) is 29.8 Å². The third kappa shape index (κ3) is 3.73. The molecule has 0 spiro atoms. The van der Waals surface area contributed by atoms with Crippen molar-refractivity contribution >= 4 is 37.3 Å². The van der Waals surface area contributed by atoms with E-state index < -0.39 is 20.0 Å². The average Bonchev–Trinajstić information content (AvgIpc) is 2.37. The van der Waals surface area contributed by atoms with Crippen LogP contribution in [0.15, 0.2) is 58.3 Å². The Morgan fingerprint density at radius 1 is 0.952 bits per heavy atom. The molecule has 2 aromatic carbocycles. The zero-order valence-corrected chi connectivity index (χ0v) is 12.9. The molecule has 0 radical (unpaired) electrons. The number of hydrogen-bond acceptors (Lipinski definition) is 4. The van der Waals surface area contributed by atoms with Crippen LogP contribution in [0.5, 0.6) is 0 Å². The Labute approximate surface area is 127 Å². The number of nitrogens with two attached hydrogens (primary N) is 1. The van der Waals surface area contributed by atoms with Crippen LogP contribution in [-0.2, 0) is 20.0 Å². The summed E-state index contributed by atoms with van der Waals surface area (Å²) in [4.78, 5) is -0.394. The molecule has 0 aromatic heterocycles. The molecule has 0 fully saturated rings. The molecule has 0 bridgehead atoms. The standard InChI is InChI=1S/C12H11ClN2O4S2/c13-9-4-3-5-10(8-9)21(18,19)15-11-6-1-2-7-12(11)20(14,16)17/h1-8,15H,(H2,14,16,17). The normalized spacial score (nSPS) is 12.1. The van der Waals surface area contributed by atoms with E-state index in [0.29, 0.717) is 0 Å². The van der Waals surface area contributed by atoms with Gasteiger partial charge in [0.15, 0.2) is 0 Å². The molecule has 0 atom stereocenters. The molecular formula is C12H11ClN2O4S2. The quantitative estimate of drug-likeness (QED) is 0.880. The number of benzene rings is 2. The predicted octanol–water partition coefficient (Wildman–Crippen LogP) is 1.79. The molecule has 6 nitrogen and oxygen atoms in total. The summed E-state index contributed by atoms with van der Waals surface area (Å²) < 4.78 is 49.6. The third-order valence-electron chi connectivity index (χ3n) is 2.54. The number of hydrogen-bond donors (Lipinski definition) is 2. The molecule has 2 rings (SSSR count). The van der Waals surface area contributed by atoms with Crippen LogP contribution in [0.1, 0.15) is 0 Å². The molecule has 9 heteroatoms. The molecule has 0 aliphatic heterocycles. The van der Waals surface area contributed by atoms with E-state index in [4.69, 9.17) is 16.7 Å². The van der Waals surface area contributed by atoms with Gasteiger partial charge in [-0.3, -0.25) is 4.72 Å². The molecule has 112 valence electrons. The van der Waals surface area contributed by atoms with E-state index in [2.05, 4.69) is 4.72 Å². The summed E-state index contributed by atoms with van der Waals surface area (Å²) in [5.74, 6) is 0. The fourth-order valence-corrected chi connectivity index (χ4v) is 3.78. The topological polar surface area (TPSA) is 106 Å². The lowest BCUT2D eigenvalue weighted by Crippen LogP contribution is -2.18. The maximum Gasteiger partial charge on any atom is 0.261 e.